The smallest absolute Gasteiger partial charge is 0.389 e. The maximum absolute atomic E-state index is 12.0. The highest BCUT2D eigenvalue weighted by Crippen LogP contribution is 2.23. The van der Waals surface area contributed by atoms with Gasteiger partial charge in [-0.15, -0.1) is 0 Å². The Morgan fingerprint density at radius 3 is 2.37 bits per heavy atom. The molecule has 4 nitrogen and oxygen atoms in total. The minimum absolute atomic E-state index is 0.0703. The first-order valence-electron chi connectivity index (χ1n) is 5.67. The lowest BCUT2D eigenvalue weighted by Gasteiger charge is -2.09. The van der Waals surface area contributed by atoms with Gasteiger partial charge in [0, 0.05) is 6.42 Å². The number of nitrogens with two attached hydrogens (primary N) is 1. The summed E-state index contributed by atoms with van der Waals surface area (Å²) < 4.78 is 41.0. The second-order valence-electron chi connectivity index (χ2n) is 3.97. The number of halogens is 3. The third kappa shape index (κ3) is 3.70. The molecule has 0 aliphatic carbocycles. The van der Waals surface area contributed by atoms with Gasteiger partial charge in [-0.2, -0.15) is 13.2 Å². The number of alkyl halides is 3. The lowest BCUT2D eigenvalue weighted by atomic mass is 10.3. The van der Waals surface area contributed by atoms with Crippen LogP contribution in [0.3, 0.4) is 0 Å². The summed E-state index contributed by atoms with van der Waals surface area (Å²) in [5.74, 6) is 0.145. The van der Waals surface area contributed by atoms with Crippen molar-refractivity contribution in [2.45, 2.75) is 19.0 Å². The first-order chi connectivity index (χ1) is 8.96. The number of nitrogen functional groups attached to an aromatic ring is 1. The van der Waals surface area contributed by atoms with Gasteiger partial charge in [0.25, 0.3) is 5.88 Å². The van der Waals surface area contributed by atoms with Gasteiger partial charge in [0.2, 0.25) is 0 Å². The predicted octanol–water partition coefficient (Wildman–Crippen LogP) is 2.93. The highest BCUT2D eigenvalue weighted by atomic mass is 19.4. The van der Waals surface area contributed by atoms with Crippen molar-refractivity contribution in [1.82, 2.24) is 9.97 Å². The fraction of sp³-hybridized carbons (Fsp3) is 0.333. The van der Waals surface area contributed by atoms with Crippen LogP contribution in [-0.2, 0) is 0 Å². The van der Waals surface area contributed by atoms with Crippen LogP contribution in [0.1, 0.15) is 12.8 Å². The third-order valence-corrected chi connectivity index (χ3v) is 2.41. The number of hydrogen-bond acceptors (Lipinski definition) is 4. The zero-order valence-corrected chi connectivity index (χ0v) is 9.94. The van der Waals surface area contributed by atoms with Gasteiger partial charge in [0.1, 0.15) is 0 Å². The summed E-state index contributed by atoms with van der Waals surface area (Å²) in [5, 5.41) is 0. The number of para-hydroxylation sites is 2. The van der Waals surface area contributed by atoms with E-state index >= 15 is 0 Å². The zero-order chi connectivity index (χ0) is 13.9. The van der Waals surface area contributed by atoms with E-state index in [2.05, 4.69) is 9.97 Å². The number of benzene rings is 1. The summed E-state index contributed by atoms with van der Waals surface area (Å²) in [6.45, 7) is -0.100. The summed E-state index contributed by atoms with van der Waals surface area (Å²) in [6, 6.07) is 7.04. The lowest BCUT2D eigenvalue weighted by molar-refractivity contribution is -0.136. The molecule has 1 aromatic heterocycles. The molecule has 2 aromatic rings. The largest absolute Gasteiger partial charge is 0.475 e. The molecule has 0 aliphatic heterocycles. The van der Waals surface area contributed by atoms with E-state index < -0.39 is 12.6 Å². The van der Waals surface area contributed by atoms with Gasteiger partial charge in [-0.1, -0.05) is 12.1 Å². The van der Waals surface area contributed by atoms with Gasteiger partial charge in [0.05, 0.1) is 17.6 Å². The molecular weight excluding hydrogens is 259 g/mol. The lowest BCUT2D eigenvalue weighted by Crippen LogP contribution is -2.11. The van der Waals surface area contributed by atoms with Gasteiger partial charge < -0.3 is 10.5 Å². The van der Waals surface area contributed by atoms with E-state index in [-0.39, 0.29) is 24.7 Å². The number of rotatable bonds is 4. The topological polar surface area (TPSA) is 61.0 Å². The number of aromatic nitrogens is 2. The molecule has 102 valence electrons. The molecule has 1 heterocycles. The van der Waals surface area contributed by atoms with Gasteiger partial charge >= 0.3 is 6.18 Å². The van der Waals surface area contributed by atoms with Gasteiger partial charge in [0.15, 0.2) is 5.82 Å². The van der Waals surface area contributed by atoms with E-state index in [9.17, 15) is 13.2 Å². The van der Waals surface area contributed by atoms with Crippen molar-refractivity contribution in [3.05, 3.63) is 24.3 Å². The molecule has 1 aromatic carbocycles. The Morgan fingerprint density at radius 2 is 1.74 bits per heavy atom. The molecule has 0 fully saturated rings. The van der Waals surface area contributed by atoms with Crippen LogP contribution in [-0.4, -0.2) is 22.8 Å². The quantitative estimate of drug-likeness (QED) is 0.868. The molecule has 2 rings (SSSR count). The molecular formula is C12H12F3N3O. The van der Waals surface area contributed by atoms with Gasteiger partial charge in [-0.05, 0) is 18.6 Å². The first kappa shape index (κ1) is 13.4. The molecule has 0 spiro atoms. The van der Waals surface area contributed by atoms with Crippen molar-refractivity contribution < 1.29 is 17.9 Å². The number of hydrogen-bond donors (Lipinski definition) is 1. The average molecular weight is 271 g/mol. The minimum atomic E-state index is -4.18. The molecule has 19 heavy (non-hydrogen) atoms. The molecule has 0 radical (unpaired) electrons. The van der Waals surface area contributed by atoms with E-state index in [0.29, 0.717) is 11.0 Å². The molecule has 0 unspecified atom stereocenters. The van der Waals surface area contributed by atoms with Crippen molar-refractivity contribution in [2.24, 2.45) is 0 Å². The van der Waals surface area contributed by atoms with Crippen LogP contribution in [0.5, 0.6) is 5.88 Å². The number of anilines is 1. The van der Waals surface area contributed by atoms with Crippen LogP contribution in [0, 0.1) is 0 Å². The number of fused-ring (bicyclic) bond motifs is 1. The van der Waals surface area contributed by atoms with E-state index in [1.54, 1.807) is 24.3 Å². The highest BCUT2D eigenvalue weighted by Gasteiger charge is 2.26. The van der Waals surface area contributed by atoms with Crippen LogP contribution < -0.4 is 10.5 Å². The zero-order valence-electron chi connectivity index (χ0n) is 9.94. The number of ether oxygens (including phenoxy) is 1. The van der Waals surface area contributed by atoms with Gasteiger partial charge in [-0.25, -0.2) is 9.97 Å². The molecule has 0 saturated carbocycles. The molecule has 2 N–H and O–H groups in total. The monoisotopic (exact) mass is 271 g/mol. The standard InChI is InChI=1S/C12H12F3N3O/c13-12(14,15)6-3-7-19-11-10(16)17-8-4-1-2-5-9(8)18-11/h1-2,4-5H,3,6-7H2,(H2,16,17). The maximum Gasteiger partial charge on any atom is 0.389 e. The SMILES string of the molecule is Nc1nc2ccccc2nc1OCCCC(F)(F)F. The summed E-state index contributed by atoms with van der Waals surface area (Å²) in [4.78, 5) is 8.19. The molecule has 0 amide bonds. The Hall–Kier alpha value is -2.05. The first-order valence-corrected chi connectivity index (χ1v) is 5.67. The van der Waals surface area contributed by atoms with Crippen LogP contribution in [0.4, 0.5) is 19.0 Å². The second-order valence-corrected chi connectivity index (χ2v) is 3.97. The molecule has 0 bridgehead atoms. The van der Waals surface area contributed by atoms with Crippen molar-refractivity contribution in [3.8, 4) is 5.88 Å². The van der Waals surface area contributed by atoms with E-state index in [0.717, 1.165) is 0 Å². The summed E-state index contributed by atoms with van der Waals surface area (Å²) in [5.41, 5.74) is 6.83. The fourth-order valence-electron chi connectivity index (χ4n) is 1.55. The molecule has 7 heteroatoms. The Bertz CT molecular complexity index is 572. The van der Waals surface area contributed by atoms with E-state index in [1.807, 2.05) is 0 Å². The normalized spacial score (nSPS) is 11.7. The van der Waals surface area contributed by atoms with Crippen molar-refractivity contribution in [2.75, 3.05) is 12.3 Å². The van der Waals surface area contributed by atoms with Crippen LogP contribution in [0.2, 0.25) is 0 Å². The van der Waals surface area contributed by atoms with E-state index in [4.69, 9.17) is 10.5 Å². The van der Waals surface area contributed by atoms with Crippen molar-refractivity contribution in [1.29, 1.82) is 0 Å². The van der Waals surface area contributed by atoms with E-state index in [1.165, 1.54) is 0 Å². The highest BCUT2D eigenvalue weighted by molar-refractivity contribution is 5.76. The molecule has 0 atom stereocenters. The summed E-state index contributed by atoms with van der Waals surface area (Å²) >= 11 is 0. The van der Waals surface area contributed by atoms with Crippen molar-refractivity contribution >= 4 is 16.9 Å². The Balaban J connectivity index is 2.02. The fourth-order valence-corrected chi connectivity index (χ4v) is 1.55. The summed E-state index contributed by atoms with van der Waals surface area (Å²) in [6.07, 6.45) is -5.21. The Kier molecular flexibility index (Phi) is 3.73. The summed E-state index contributed by atoms with van der Waals surface area (Å²) in [7, 11) is 0. The Labute approximate surface area is 107 Å². The molecule has 0 aliphatic rings. The number of nitrogens with zero attached hydrogens (tertiary/aromatic N) is 2. The maximum atomic E-state index is 12.0. The van der Waals surface area contributed by atoms with Gasteiger partial charge in [-0.3, -0.25) is 0 Å². The Morgan fingerprint density at radius 1 is 1.11 bits per heavy atom. The van der Waals surface area contributed by atoms with Crippen LogP contribution >= 0.6 is 0 Å². The minimum Gasteiger partial charge on any atom is -0.475 e. The molecule has 0 saturated heterocycles. The third-order valence-electron chi connectivity index (χ3n) is 2.41. The van der Waals surface area contributed by atoms with Crippen molar-refractivity contribution in [3.63, 3.8) is 0 Å². The predicted molar refractivity (Wildman–Crippen MR) is 64.7 cm³/mol. The average Bonchev–Trinajstić information content (AvgIpc) is 2.33. The second kappa shape index (κ2) is 5.29. The van der Waals surface area contributed by atoms with Crippen LogP contribution in [0.15, 0.2) is 24.3 Å². The van der Waals surface area contributed by atoms with Crippen LogP contribution in [0.25, 0.3) is 11.0 Å².